The third kappa shape index (κ3) is 6.74. The largest absolute Gasteiger partial charge is 0.373 e. The molecular formula is C27H33Cl2N3OS. The number of carbonyl (C=O) groups is 1. The Balaban J connectivity index is 1.89. The minimum Gasteiger partial charge on any atom is -0.373 e. The van der Waals surface area contributed by atoms with Gasteiger partial charge in [0.1, 0.15) is 5.00 Å². The van der Waals surface area contributed by atoms with E-state index in [-0.39, 0.29) is 17.4 Å². The fourth-order valence-corrected chi connectivity index (χ4v) is 4.94. The van der Waals surface area contributed by atoms with Gasteiger partial charge in [0.25, 0.3) is 5.91 Å². The zero-order chi connectivity index (χ0) is 25.0. The summed E-state index contributed by atoms with van der Waals surface area (Å²) in [6, 6.07) is 14.4. The van der Waals surface area contributed by atoms with E-state index in [9.17, 15) is 4.79 Å². The van der Waals surface area contributed by atoms with Crippen LogP contribution in [-0.4, -0.2) is 27.8 Å². The highest BCUT2D eigenvalue weighted by Gasteiger charge is 2.25. The molecule has 4 nitrogen and oxygen atoms in total. The van der Waals surface area contributed by atoms with Crippen LogP contribution in [0.1, 0.15) is 67.4 Å². The van der Waals surface area contributed by atoms with E-state index < -0.39 is 0 Å². The summed E-state index contributed by atoms with van der Waals surface area (Å²) in [6.07, 6.45) is 0.673. The van der Waals surface area contributed by atoms with Crippen LogP contribution in [0.15, 0.2) is 42.5 Å². The third-order valence-corrected chi connectivity index (χ3v) is 7.24. The number of amides is 1. The number of carbonyl (C=O) groups excluding carboxylic acids is 1. The number of nitrogens with zero attached hydrogens (tertiary/aromatic N) is 2. The second-order valence-electron chi connectivity index (χ2n) is 9.94. The minimum atomic E-state index is -0.0191. The molecule has 3 rings (SSSR count). The van der Waals surface area contributed by atoms with Gasteiger partial charge < -0.3 is 10.2 Å². The molecule has 0 aliphatic carbocycles. The Morgan fingerprint density at radius 3 is 2.29 bits per heavy atom. The smallest absolute Gasteiger partial charge is 0.259 e. The van der Waals surface area contributed by atoms with Crippen LogP contribution in [0.25, 0.3) is 0 Å². The molecule has 0 saturated carbocycles. The summed E-state index contributed by atoms with van der Waals surface area (Å²) in [4.78, 5) is 15.7. The van der Waals surface area contributed by atoms with Crippen molar-refractivity contribution >= 4 is 45.6 Å². The summed E-state index contributed by atoms with van der Waals surface area (Å²) in [5.41, 5.74) is 4.88. The Morgan fingerprint density at radius 2 is 1.71 bits per heavy atom. The monoisotopic (exact) mass is 517 g/mol. The van der Waals surface area contributed by atoms with E-state index >= 15 is 0 Å². The Labute approximate surface area is 217 Å². The first-order chi connectivity index (χ1) is 16.0. The summed E-state index contributed by atoms with van der Waals surface area (Å²) in [7, 11) is 0. The van der Waals surface area contributed by atoms with Gasteiger partial charge in [0.05, 0.1) is 21.3 Å². The zero-order valence-corrected chi connectivity index (χ0v) is 23.0. The van der Waals surface area contributed by atoms with Gasteiger partial charge in [0.15, 0.2) is 0 Å². The van der Waals surface area contributed by atoms with Crippen molar-refractivity contribution in [1.29, 1.82) is 0 Å². The minimum absolute atomic E-state index is 0.0191. The summed E-state index contributed by atoms with van der Waals surface area (Å²) in [5.74, 6) is -0.0191. The van der Waals surface area contributed by atoms with Crippen molar-refractivity contribution < 1.29 is 4.79 Å². The number of aryl methyl sites for hydroxylation is 1. The van der Waals surface area contributed by atoms with Gasteiger partial charge in [0.2, 0.25) is 0 Å². The zero-order valence-electron chi connectivity index (χ0n) is 20.7. The van der Waals surface area contributed by atoms with Crippen molar-refractivity contribution in [3.05, 3.63) is 80.5 Å². The van der Waals surface area contributed by atoms with Gasteiger partial charge >= 0.3 is 0 Å². The van der Waals surface area contributed by atoms with Gasteiger partial charge in [-0.2, -0.15) is 4.37 Å². The number of halogens is 2. The average Bonchev–Trinajstić information content (AvgIpc) is 3.12. The lowest BCUT2D eigenvalue weighted by Gasteiger charge is -2.25. The molecule has 0 aliphatic heterocycles. The maximum atomic E-state index is 13.8. The predicted octanol–water partition coefficient (Wildman–Crippen LogP) is 7.76. The summed E-state index contributed by atoms with van der Waals surface area (Å²) >= 11 is 13.6. The summed E-state index contributed by atoms with van der Waals surface area (Å²) in [6.45, 7) is 13.7. The highest BCUT2D eigenvalue weighted by Crippen LogP contribution is 2.29. The first-order valence-electron chi connectivity index (χ1n) is 11.5. The fourth-order valence-electron chi connectivity index (χ4n) is 3.68. The van der Waals surface area contributed by atoms with Crippen molar-refractivity contribution in [2.24, 2.45) is 0 Å². The SMILES string of the molecule is Cc1nsc(NC(C)C)c1C(=O)N(CCc1ccc(Cl)c(Cl)c1)Cc1ccc(C(C)(C)C)cc1. The number of hydrogen-bond donors (Lipinski definition) is 1. The molecule has 0 radical (unpaired) electrons. The Bertz CT molecular complexity index is 1130. The molecule has 0 fully saturated rings. The van der Waals surface area contributed by atoms with Crippen LogP contribution in [0, 0.1) is 6.92 Å². The number of hydrogen-bond acceptors (Lipinski definition) is 4. The molecule has 0 saturated heterocycles. The quantitative estimate of drug-likeness (QED) is 0.331. The molecule has 1 aromatic heterocycles. The molecule has 0 aliphatic rings. The lowest BCUT2D eigenvalue weighted by atomic mass is 9.87. The van der Waals surface area contributed by atoms with Crippen LogP contribution in [0.3, 0.4) is 0 Å². The van der Waals surface area contributed by atoms with E-state index in [1.54, 1.807) is 6.07 Å². The lowest BCUT2D eigenvalue weighted by molar-refractivity contribution is 0.0745. The van der Waals surface area contributed by atoms with Crippen LogP contribution in [-0.2, 0) is 18.4 Å². The molecule has 0 bridgehead atoms. The van der Waals surface area contributed by atoms with Crippen LogP contribution in [0.2, 0.25) is 10.0 Å². The second kappa shape index (κ2) is 11.1. The fraction of sp³-hybridized carbons (Fsp3) is 0.407. The van der Waals surface area contributed by atoms with Crippen molar-refractivity contribution in [3.63, 3.8) is 0 Å². The molecule has 1 N–H and O–H groups in total. The Kier molecular flexibility index (Phi) is 8.66. The van der Waals surface area contributed by atoms with Crippen molar-refractivity contribution in [2.45, 2.75) is 66.0 Å². The highest BCUT2D eigenvalue weighted by atomic mass is 35.5. The standard InChI is InChI=1S/C27H33Cl2N3OS/c1-17(2)30-25-24(18(3)31-34-25)26(33)32(14-13-19-9-12-22(28)23(29)15-19)16-20-7-10-21(11-8-20)27(4,5)6/h7-12,15,17,30H,13-14,16H2,1-6H3. The van der Waals surface area contributed by atoms with Crippen LogP contribution in [0.5, 0.6) is 0 Å². The number of aromatic nitrogens is 1. The molecule has 1 heterocycles. The van der Waals surface area contributed by atoms with E-state index in [0.717, 1.165) is 21.8 Å². The van der Waals surface area contributed by atoms with Gasteiger partial charge in [-0.25, -0.2) is 0 Å². The number of rotatable bonds is 8. The van der Waals surface area contributed by atoms with Crippen molar-refractivity contribution in [3.8, 4) is 0 Å². The van der Waals surface area contributed by atoms with Crippen LogP contribution >= 0.6 is 34.7 Å². The molecule has 0 spiro atoms. The van der Waals surface area contributed by atoms with Gasteiger partial charge in [-0.05, 0) is 73.0 Å². The molecule has 34 heavy (non-hydrogen) atoms. The van der Waals surface area contributed by atoms with Gasteiger partial charge in [-0.15, -0.1) is 0 Å². The normalized spacial score (nSPS) is 11.7. The highest BCUT2D eigenvalue weighted by molar-refractivity contribution is 7.10. The van der Waals surface area contributed by atoms with Crippen LogP contribution < -0.4 is 5.32 Å². The van der Waals surface area contributed by atoms with Crippen molar-refractivity contribution in [1.82, 2.24) is 9.27 Å². The van der Waals surface area contributed by atoms with E-state index in [4.69, 9.17) is 23.2 Å². The van der Waals surface area contributed by atoms with E-state index in [0.29, 0.717) is 35.1 Å². The van der Waals surface area contributed by atoms with Crippen molar-refractivity contribution in [2.75, 3.05) is 11.9 Å². The van der Waals surface area contributed by atoms with E-state index in [1.807, 2.05) is 24.0 Å². The predicted molar refractivity (Wildman–Crippen MR) is 146 cm³/mol. The second-order valence-corrected chi connectivity index (χ2v) is 11.5. The number of benzene rings is 2. The van der Waals surface area contributed by atoms with Crippen LogP contribution in [0.4, 0.5) is 5.00 Å². The van der Waals surface area contributed by atoms with Gasteiger partial charge in [0, 0.05) is 19.1 Å². The topological polar surface area (TPSA) is 45.2 Å². The third-order valence-electron chi connectivity index (χ3n) is 5.63. The molecule has 1 amide bonds. The molecule has 0 unspecified atom stereocenters. The first kappa shape index (κ1) is 26.5. The summed E-state index contributed by atoms with van der Waals surface area (Å²) < 4.78 is 4.46. The molecule has 3 aromatic rings. The Morgan fingerprint density at radius 1 is 1.06 bits per heavy atom. The molecule has 2 aromatic carbocycles. The lowest BCUT2D eigenvalue weighted by Crippen LogP contribution is -2.33. The summed E-state index contributed by atoms with van der Waals surface area (Å²) in [5, 5.41) is 5.25. The van der Waals surface area contributed by atoms with E-state index in [2.05, 4.69) is 68.6 Å². The average molecular weight is 519 g/mol. The molecule has 0 atom stereocenters. The molecular weight excluding hydrogens is 485 g/mol. The first-order valence-corrected chi connectivity index (χ1v) is 13.0. The van der Waals surface area contributed by atoms with Gasteiger partial charge in [-0.3, -0.25) is 4.79 Å². The Hall–Kier alpha value is -2.08. The number of nitrogens with one attached hydrogen (secondary N) is 1. The van der Waals surface area contributed by atoms with E-state index in [1.165, 1.54) is 17.1 Å². The maximum absolute atomic E-state index is 13.8. The van der Waals surface area contributed by atoms with Gasteiger partial charge in [-0.1, -0.05) is 74.3 Å². The maximum Gasteiger partial charge on any atom is 0.259 e. The molecule has 7 heteroatoms. The number of anilines is 1. The molecule has 182 valence electrons.